The van der Waals surface area contributed by atoms with Crippen molar-refractivity contribution in [3.63, 3.8) is 0 Å². The molecule has 4 nitrogen and oxygen atoms in total. The minimum atomic E-state index is 0.00986. The Kier molecular flexibility index (Phi) is 2.81. The molecular formula is C13H24N4. The van der Waals surface area contributed by atoms with Crippen molar-refractivity contribution < 1.29 is 0 Å². The number of aromatic nitrogens is 3. The standard InChI is InChI=1S/C13H24N4/c1-9(10(2)12(3,4)5)11-7-17(16-15-11)13(6)8-14-13/h7,9-10,14H,8H2,1-6H3. The summed E-state index contributed by atoms with van der Waals surface area (Å²) in [6.07, 6.45) is 2.09. The lowest BCUT2D eigenvalue weighted by Crippen LogP contribution is -2.23. The third-order valence-corrected chi connectivity index (χ3v) is 4.29. The third-order valence-electron chi connectivity index (χ3n) is 4.29. The largest absolute Gasteiger partial charge is 0.289 e. The molecular weight excluding hydrogens is 212 g/mol. The molecule has 1 aliphatic rings. The lowest BCUT2D eigenvalue weighted by atomic mass is 9.74. The van der Waals surface area contributed by atoms with Gasteiger partial charge in [0.05, 0.1) is 11.9 Å². The van der Waals surface area contributed by atoms with Gasteiger partial charge in [0.15, 0.2) is 0 Å². The Bertz CT molecular complexity index is 398. The molecule has 0 aliphatic carbocycles. The van der Waals surface area contributed by atoms with Crippen LogP contribution in [0.2, 0.25) is 0 Å². The average Bonchev–Trinajstić information content (AvgIpc) is 2.82. The van der Waals surface area contributed by atoms with Gasteiger partial charge in [0.25, 0.3) is 0 Å². The summed E-state index contributed by atoms with van der Waals surface area (Å²) in [5, 5.41) is 11.9. The molecule has 1 saturated heterocycles. The molecule has 0 saturated carbocycles. The smallest absolute Gasteiger partial charge is 0.124 e. The number of rotatable bonds is 3. The fraction of sp³-hybridized carbons (Fsp3) is 0.846. The normalized spacial score (nSPS) is 27.9. The molecule has 1 fully saturated rings. The maximum absolute atomic E-state index is 4.33. The van der Waals surface area contributed by atoms with Crippen LogP contribution in [0, 0.1) is 11.3 Å². The van der Waals surface area contributed by atoms with Crippen LogP contribution >= 0.6 is 0 Å². The van der Waals surface area contributed by atoms with Gasteiger partial charge in [0, 0.05) is 12.5 Å². The van der Waals surface area contributed by atoms with Crippen molar-refractivity contribution in [1.82, 2.24) is 20.3 Å². The first-order valence-electron chi connectivity index (χ1n) is 6.42. The molecule has 0 bridgehead atoms. The molecule has 96 valence electrons. The minimum Gasteiger partial charge on any atom is -0.289 e. The monoisotopic (exact) mass is 236 g/mol. The number of hydrogen-bond donors (Lipinski definition) is 1. The third kappa shape index (κ3) is 2.37. The quantitative estimate of drug-likeness (QED) is 0.820. The predicted molar refractivity (Wildman–Crippen MR) is 68.7 cm³/mol. The zero-order valence-corrected chi connectivity index (χ0v) is 11.8. The molecule has 0 radical (unpaired) electrons. The molecule has 4 heteroatoms. The van der Waals surface area contributed by atoms with Crippen molar-refractivity contribution in [3.05, 3.63) is 11.9 Å². The van der Waals surface area contributed by atoms with E-state index in [1.165, 1.54) is 0 Å². The van der Waals surface area contributed by atoms with Gasteiger partial charge in [-0.1, -0.05) is 39.8 Å². The van der Waals surface area contributed by atoms with Gasteiger partial charge in [0.1, 0.15) is 5.66 Å². The highest BCUT2D eigenvalue weighted by atomic mass is 15.5. The molecule has 1 N–H and O–H groups in total. The second kappa shape index (κ2) is 3.80. The summed E-state index contributed by atoms with van der Waals surface area (Å²) in [4.78, 5) is 0. The Balaban J connectivity index is 2.15. The van der Waals surface area contributed by atoms with Crippen molar-refractivity contribution in [1.29, 1.82) is 0 Å². The van der Waals surface area contributed by atoms with Gasteiger partial charge in [-0.15, -0.1) is 5.10 Å². The lowest BCUT2D eigenvalue weighted by molar-refractivity contribution is 0.226. The highest BCUT2D eigenvalue weighted by molar-refractivity contribution is 5.07. The molecule has 0 spiro atoms. The summed E-state index contributed by atoms with van der Waals surface area (Å²) in [6.45, 7) is 14.5. The van der Waals surface area contributed by atoms with Crippen LogP contribution in [0.5, 0.6) is 0 Å². The summed E-state index contributed by atoms with van der Waals surface area (Å²) < 4.78 is 1.95. The first-order valence-corrected chi connectivity index (χ1v) is 6.42. The van der Waals surface area contributed by atoms with Crippen LogP contribution < -0.4 is 5.32 Å². The van der Waals surface area contributed by atoms with Crippen molar-refractivity contribution in [3.8, 4) is 0 Å². The Morgan fingerprint density at radius 2 is 2.00 bits per heavy atom. The van der Waals surface area contributed by atoms with Crippen LogP contribution in [0.4, 0.5) is 0 Å². The van der Waals surface area contributed by atoms with Crippen LogP contribution in [0.15, 0.2) is 6.20 Å². The highest BCUT2D eigenvalue weighted by Crippen LogP contribution is 2.36. The van der Waals surface area contributed by atoms with Crippen LogP contribution in [-0.4, -0.2) is 21.5 Å². The van der Waals surface area contributed by atoms with E-state index in [2.05, 4.69) is 63.4 Å². The lowest BCUT2D eigenvalue weighted by Gasteiger charge is -2.31. The number of nitrogens with one attached hydrogen (secondary N) is 1. The van der Waals surface area contributed by atoms with Gasteiger partial charge in [-0.25, -0.2) is 4.68 Å². The van der Waals surface area contributed by atoms with E-state index in [9.17, 15) is 0 Å². The van der Waals surface area contributed by atoms with Gasteiger partial charge < -0.3 is 0 Å². The maximum atomic E-state index is 4.33. The van der Waals surface area contributed by atoms with Crippen LogP contribution in [0.1, 0.15) is 53.2 Å². The summed E-state index contributed by atoms with van der Waals surface area (Å²) in [6, 6.07) is 0. The topological polar surface area (TPSA) is 52.7 Å². The van der Waals surface area contributed by atoms with Crippen molar-refractivity contribution in [2.45, 2.75) is 53.1 Å². The van der Waals surface area contributed by atoms with Gasteiger partial charge in [-0.2, -0.15) is 0 Å². The fourth-order valence-corrected chi connectivity index (χ4v) is 2.02. The van der Waals surface area contributed by atoms with Gasteiger partial charge >= 0.3 is 0 Å². The van der Waals surface area contributed by atoms with Gasteiger partial charge in [-0.05, 0) is 18.3 Å². The molecule has 17 heavy (non-hydrogen) atoms. The van der Waals surface area contributed by atoms with Crippen LogP contribution in [-0.2, 0) is 5.66 Å². The Hall–Kier alpha value is -0.900. The molecule has 3 atom stereocenters. The minimum absolute atomic E-state index is 0.00986. The average molecular weight is 236 g/mol. The second-order valence-corrected chi connectivity index (χ2v) is 6.66. The molecule has 3 unspecified atom stereocenters. The zero-order valence-electron chi connectivity index (χ0n) is 11.8. The van der Waals surface area contributed by atoms with E-state index < -0.39 is 0 Å². The second-order valence-electron chi connectivity index (χ2n) is 6.66. The summed E-state index contributed by atoms with van der Waals surface area (Å²) in [7, 11) is 0. The van der Waals surface area contributed by atoms with Crippen LogP contribution in [0.3, 0.4) is 0 Å². The number of hydrogen-bond acceptors (Lipinski definition) is 3. The van der Waals surface area contributed by atoms with E-state index in [1.54, 1.807) is 0 Å². The summed E-state index contributed by atoms with van der Waals surface area (Å²) in [5.41, 5.74) is 1.41. The molecule has 2 rings (SSSR count). The van der Waals surface area contributed by atoms with E-state index in [0.717, 1.165) is 12.2 Å². The predicted octanol–water partition coefficient (Wildman–Crippen LogP) is 2.34. The Morgan fingerprint density at radius 1 is 1.41 bits per heavy atom. The maximum Gasteiger partial charge on any atom is 0.124 e. The van der Waals surface area contributed by atoms with E-state index in [4.69, 9.17) is 0 Å². The highest BCUT2D eigenvalue weighted by Gasteiger charge is 2.40. The fourth-order valence-electron chi connectivity index (χ4n) is 2.02. The summed E-state index contributed by atoms with van der Waals surface area (Å²) in [5.74, 6) is 1.01. The molecule has 1 aromatic rings. The van der Waals surface area contributed by atoms with Crippen molar-refractivity contribution in [2.75, 3.05) is 6.54 Å². The van der Waals surface area contributed by atoms with Gasteiger partial charge in [-0.3, -0.25) is 5.32 Å². The molecule has 0 aromatic carbocycles. The molecule has 1 aliphatic heterocycles. The SMILES string of the molecule is CC(c1cn(C2(C)CN2)nn1)C(C)C(C)(C)C. The van der Waals surface area contributed by atoms with Crippen LogP contribution in [0.25, 0.3) is 0 Å². The van der Waals surface area contributed by atoms with Crippen molar-refractivity contribution >= 4 is 0 Å². The molecule has 2 heterocycles. The summed E-state index contributed by atoms with van der Waals surface area (Å²) >= 11 is 0. The van der Waals surface area contributed by atoms with Crippen molar-refractivity contribution in [2.24, 2.45) is 11.3 Å². The first-order chi connectivity index (χ1) is 7.74. The molecule has 0 amide bonds. The van der Waals surface area contributed by atoms with E-state index in [-0.39, 0.29) is 5.66 Å². The Morgan fingerprint density at radius 3 is 2.47 bits per heavy atom. The Labute approximate surface area is 104 Å². The zero-order chi connectivity index (χ0) is 12.8. The van der Waals surface area contributed by atoms with E-state index in [0.29, 0.717) is 17.3 Å². The van der Waals surface area contributed by atoms with E-state index in [1.807, 2.05) is 4.68 Å². The first kappa shape index (κ1) is 12.6. The number of nitrogens with zero attached hydrogens (tertiary/aromatic N) is 3. The van der Waals surface area contributed by atoms with Gasteiger partial charge in [0.2, 0.25) is 0 Å². The van der Waals surface area contributed by atoms with E-state index >= 15 is 0 Å². The molecule has 1 aromatic heterocycles.